The molecule has 1 amide bonds. The number of azide groups is 1. The van der Waals surface area contributed by atoms with Crippen molar-refractivity contribution in [3.05, 3.63) is 130 Å². The number of fused-ring (bicyclic) bond motifs is 1. The maximum absolute atomic E-state index is 14.4. The Morgan fingerprint density at radius 1 is 1.02 bits per heavy atom. The van der Waals surface area contributed by atoms with E-state index in [1.54, 1.807) is 24.3 Å². The van der Waals surface area contributed by atoms with Gasteiger partial charge in [0.05, 0.1) is 6.61 Å². The highest BCUT2D eigenvalue weighted by atomic mass is 16.7. The van der Waals surface area contributed by atoms with Crippen LogP contribution in [-0.4, -0.2) is 42.5 Å². The zero-order valence-electron chi connectivity index (χ0n) is 24.8. The maximum Gasteiger partial charge on any atom is 0.266 e. The second-order valence-electron chi connectivity index (χ2n) is 10.7. The molecule has 2 atom stereocenters. The molecule has 4 aromatic rings. The van der Waals surface area contributed by atoms with E-state index in [1.165, 1.54) is 0 Å². The molecule has 2 aliphatic rings. The van der Waals surface area contributed by atoms with E-state index in [-0.39, 0.29) is 25.7 Å². The van der Waals surface area contributed by atoms with Gasteiger partial charge >= 0.3 is 0 Å². The van der Waals surface area contributed by atoms with Crippen LogP contribution >= 0.6 is 0 Å². The van der Waals surface area contributed by atoms with Gasteiger partial charge in [-0.15, -0.1) is 0 Å². The van der Waals surface area contributed by atoms with Crippen molar-refractivity contribution in [2.24, 2.45) is 10.1 Å². The molecule has 0 unspecified atom stereocenters. The van der Waals surface area contributed by atoms with Crippen LogP contribution in [0.25, 0.3) is 10.4 Å². The van der Waals surface area contributed by atoms with Crippen LogP contribution in [0.2, 0.25) is 0 Å². The number of benzene rings is 4. The van der Waals surface area contributed by atoms with Gasteiger partial charge in [-0.25, -0.2) is 10.4 Å². The Kier molecular flexibility index (Phi) is 9.30. The van der Waals surface area contributed by atoms with Crippen LogP contribution in [0.1, 0.15) is 34.8 Å². The van der Waals surface area contributed by atoms with Crippen LogP contribution in [0.3, 0.4) is 0 Å². The Hall–Kier alpha value is -5.55. The van der Waals surface area contributed by atoms with E-state index in [1.807, 2.05) is 72.8 Å². The number of nitrogens with one attached hydrogen (secondary N) is 2. The van der Waals surface area contributed by atoms with Crippen LogP contribution in [0.15, 0.2) is 107 Å². The molecule has 0 spiro atoms. The highest BCUT2D eigenvalue weighted by Crippen LogP contribution is 2.43. The van der Waals surface area contributed by atoms with Crippen LogP contribution < -0.4 is 25.1 Å². The van der Waals surface area contributed by atoms with Crippen molar-refractivity contribution in [3.8, 4) is 17.2 Å². The lowest BCUT2D eigenvalue weighted by molar-refractivity contribution is -0.130. The predicted octanol–water partition coefficient (Wildman–Crippen LogP) is 5.44. The summed E-state index contributed by atoms with van der Waals surface area (Å²) in [6.07, 6.45) is -0.227. The van der Waals surface area contributed by atoms with Crippen molar-refractivity contribution in [2.45, 2.75) is 31.0 Å². The van der Waals surface area contributed by atoms with E-state index in [9.17, 15) is 10.3 Å². The third-order valence-electron chi connectivity index (χ3n) is 7.67. The SMILES string of the molecule is [N-]=[N+]=Nc1ccccc1C[C@]1(C(=O)NNCc2ccc3c(c2)OCO3)N=C(c2ccc(OCCCO)cc2)O[C@H]1c1ccccc1. The van der Waals surface area contributed by atoms with Gasteiger partial charge in [0.1, 0.15) is 5.75 Å². The Bertz CT molecular complexity index is 1760. The molecule has 0 saturated carbocycles. The Morgan fingerprint density at radius 3 is 2.61 bits per heavy atom. The number of amides is 1. The van der Waals surface area contributed by atoms with E-state index >= 15 is 0 Å². The van der Waals surface area contributed by atoms with Crippen molar-refractivity contribution >= 4 is 17.5 Å². The largest absolute Gasteiger partial charge is 0.494 e. The summed E-state index contributed by atoms with van der Waals surface area (Å²) in [5, 5.41) is 12.9. The average Bonchev–Trinajstić information content (AvgIpc) is 3.72. The number of hydrazine groups is 1. The third kappa shape index (κ3) is 6.59. The first kappa shape index (κ1) is 30.5. The van der Waals surface area contributed by atoms with Crippen LogP contribution in [-0.2, 0) is 22.5 Å². The molecule has 0 bridgehead atoms. The summed E-state index contributed by atoms with van der Waals surface area (Å²) < 4.78 is 23.1. The highest BCUT2D eigenvalue weighted by Gasteiger charge is 2.53. The number of ether oxygens (including phenoxy) is 4. The number of nitrogens with zero attached hydrogens (tertiary/aromatic N) is 4. The molecule has 0 radical (unpaired) electrons. The predicted molar refractivity (Wildman–Crippen MR) is 170 cm³/mol. The quantitative estimate of drug-likeness (QED) is 0.0590. The van der Waals surface area contributed by atoms with Gasteiger partial charge in [0.25, 0.3) is 5.91 Å². The number of carbonyl (C=O) groups excluding carboxylic acids is 1. The van der Waals surface area contributed by atoms with Crippen molar-refractivity contribution in [3.63, 3.8) is 0 Å². The molecule has 2 aliphatic heterocycles. The minimum absolute atomic E-state index is 0.0438. The number of carbonyl (C=O) groups is 1. The number of aliphatic hydroxyl groups excluding tert-OH is 1. The summed E-state index contributed by atoms with van der Waals surface area (Å²) in [4.78, 5) is 22.4. The van der Waals surface area contributed by atoms with Gasteiger partial charge in [-0.2, -0.15) is 0 Å². The molecule has 6 rings (SSSR count). The van der Waals surface area contributed by atoms with Gasteiger partial charge in [-0.1, -0.05) is 65.8 Å². The first-order valence-corrected chi connectivity index (χ1v) is 14.8. The summed E-state index contributed by atoms with van der Waals surface area (Å²) in [5.41, 5.74) is 17.0. The fraction of sp³-hybridized carbons (Fsp3) is 0.235. The monoisotopic (exact) mass is 620 g/mol. The molecule has 46 heavy (non-hydrogen) atoms. The number of aliphatic hydroxyl groups is 1. The molecule has 4 aromatic carbocycles. The summed E-state index contributed by atoms with van der Waals surface area (Å²) in [6.45, 7) is 0.904. The van der Waals surface area contributed by atoms with E-state index < -0.39 is 17.6 Å². The van der Waals surface area contributed by atoms with E-state index in [0.29, 0.717) is 53.6 Å². The summed E-state index contributed by atoms with van der Waals surface area (Å²) in [7, 11) is 0. The van der Waals surface area contributed by atoms with Gasteiger partial charge in [0.15, 0.2) is 23.1 Å². The molecule has 0 saturated heterocycles. The fourth-order valence-electron chi connectivity index (χ4n) is 5.39. The van der Waals surface area contributed by atoms with E-state index in [0.717, 1.165) is 11.1 Å². The average molecular weight is 621 g/mol. The van der Waals surface area contributed by atoms with Gasteiger partial charge in [0.2, 0.25) is 12.7 Å². The first-order chi connectivity index (χ1) is 22.6. The van der Waals surface area contributed by atoms with Gasteiger partial charge in [-0.05, 0) is 58.6 Å². The van der Waals surface area contributed by atoms with Crippen molar-refractivity contribution in [1.82, 2.24) is 10.9 Å². The molecule has 3 N–H and O–H groups in total. The topological polar surface area (TPSA) is 159 Å². The first-order valence-electron chi connectivity index (χ1n) is 14.8. The Balaban J connectivity index is 1.35. The number of hydrogen-bond acceptors (Lipinski definition) is 9. The normalized spacial score (nSPS) is 17.8. The fourth-order valence-corrected chi connectivity index (χ4v) is 5.39. The Morgan fingerprint density at radius 2 is 1.80 bits per heavy atom. The smallest absolute Gasteiger partial charge is 0.266 e. The number of hydrogen-bond donors (Lipinski definition) is 3. The number of aliphatic imine (C=N–C) groups is 1. The molecular weight excluding hydrogens is 588 g/mol. The maximum atomic E-state index is 14.4. The summed E-state index contributed by atoms with van der Waals surface area (Å²) in [5.74, 6) is 1.80. The molecule has 0 fully saturated rings. The molecule has 2 heterocycles. The van der Waals surface area contributed by atoms with Crippen molar-refractivity contribution < 1.29 is 28.8 Å². The molecule has 0 aliphatic carbocycles. The lowest BCUT2D eigenvalue weighted by Crippen LogP contribution is -2.53. The van der Waals surface area contributed by atoms with Gasteiger partial charge in [-0.3, -0.25) is 10.2 Å². The zero-order valence-corrected chi connectivity index (χ0v) is 24.8. The highest BCUT2D eigenvalue weighted by molar-refractivity contribution is 6.01. The summed E-state index contributed by atoms with van der Waals surface area (Å²) in [6, 6.07) is 29.3. The second kappa shape index (κ2) is 14.0. The molecule has 12 nitrogen and oxygen atoms in total. The molecule has 12 heteroatoms. The number of rotatable bonds is 13. The zero-order chi connectivity index (χ0) is 31.8. The van der Waals surface area contributed by atoms with Crippen molar-refractivity contribution in [1.29, 1.82) is 0 Å². The van der Waals surface area contributed by atoms with Crippen LogP contribution in [0.5, 0.6) is 17.2 Å². The van der Waals surface area contributed by atoms with Gasteiger partial charge < -0.3 is 24.1 Å². The van der Waals surface area contributed by atoms with Gasteiger partial charge in [0, 0.05) is 42.2 Å². The Labute approximate surface area is 265 Å². The van der Waals surface area contributed by atoms with Crippen LogP contribution in [0.4, 0.5) is 5.69 Å². The van der Waals surface area contributed by atoms with Crippen LogP contribution in [0, 0.1) is 0 Å². The molecule has 0 aromatic heterocycles. The lowest BCUT2D eigenvalue weighted by Gasteiger charge is -2.31. The summed E-state index contributed by atoms with van der Waals surface area (Å²) >= 11 is 0. The van der Waals surface area contributed by atoms with Crippen molar-refractivity contribution in [2.75, 3.05) is 20.0 Å². The minimum Gasteiger partial charge on any atom is -0.494 e. The molecular formula is C34H32N6O6. The lowest BCUT2D eigenvalue weighted by atomic mass is 9.81. The van der Waals surface area contributed by atoms with E-state index in [2.05, 4.69) is 20.9 Å². The third-order valence-corrected chi connectivity index (χ3v) is 7.67. The second-order valence-corrected chi connectivity index (χ2v) is 10.7. The standard InChI is InChI=1S/C34H32N6O6/c35-40-38-28-10-5-4-9-26(28)20-34(33(42)39-36-21-23-11-16-29-30(19-23)45-22-44-29)31(24-7-2-1-3-8-24)46-32(37-34)25-12-14-27(15-13-25)43-18-6-17-41/h1-5,7-16,19,31,36,41H,6,17-18,20-22H2,(H,39,42)/t31-,34-/m0/s1. The van der Waals surface area contributed by atoms with E-state index in [4.69, 9.17) is 29.0 Å². The minimum atomic E-state index is -1.50. The molecule has 234 valence electrons.